The number of amides is 1. The summed E-state index contributed by atoms with van der Waals surface area (Å²) in [6, 6.07) is 12.7. The zero-order valence-electron chi connectivity index (χ0n) is 17.9. The third-order valence-electron chi connectivity index (χ3n) is 5.44. The van der Waals surface area contributed by atoms with Crippen molar-refractivity contribution in [2.45, 2.75) is 24.8 Å². The maximum atomic E-state index is 12.9. The summed E-state index contributed by atoms with van der Waals surface area (Å²) in [5.41, 5.74) is 1.12. The lowest BCUT2D eigenvalue weighted by Gasteiger charge is -2.36. The van der Waals surface area contributed by atoms with Gasteiger partial charge in [-0.2, -0.15) is 4.31 Å². The molecule has 1 fully saturated rings. The van der Waals surface area contributed by atoms with Gasteiger partial charge in [-0.1, -0.05) is 18.2 Å². The van der Waals surface area contributed by atoms with Crippen LogP contribution < -0.4 is 10.1 Å². The van der Waals surface area contributed by atoms with Crippen LogP contribution in [0.25, 0.3) is 0 Å². The van der Waals surface area contributed by atoms with Gasteiger partial charge in [0, 0.05) is 43.5 Å². The molecule has 0 aromatic heterocycles. The van der Waals surface area contributed by atoms with Crippen LogP contribution >= 0.6 is 0 Å². The van der Waals surface area contributed by atoms with Gasteiger partial charge in [0.1, 0.15) is 5.75 Å². The first-order valence-corrected chi connectivity index (χ1v) is 11.5. The fraction of sp³-hybridized carbons (Fsp3) is 0.364. The van der Waals surface area contributed by atoms with E-state index >= 15 is 0 Å². The molecule has 0 spiro atoms. The van der Waals surface area contributed by atoms with Crippen molar-refractivity contribution in [2.24, 2.45) is 0 Å². The van der Waals surface area contributed by atoms with Gasteiger partial charge in [-0.15, -0.1) is 0 Å². The highest BCUT2D eigenvalue weighted by Crippen LogP contribution is 2.20. The van der Waals surface area contributed by atoms with Gasteiger partial charge in [-0.3, -0.25) is 14.5 Å². The summed E-state index contributed by atoms with van der Waals surface area (Å²) in [4.78, 5) is 26.2. The molecular formula is C22H27N3O5S. The van der Waals surface area contributed by atoms with Crippen molar-refractivity contribution in [3.8, 4) is 5.75 Å². The van der Waals surface area contributed by atoms with Crippen molar-refractivity contribution in [1.29, 1.82) is 0 Å². The molecule has 1 aliphatic rings. The minimum Gasteiger partial charge on any atom is -0.497 e. The number of ketones is 1. The first kappa shape index (κ1) is 22.9. The second-order valence-corrected chi connectivity index (χ2v) is 9.36. The number of carbonyl (C=O) groups excluding carboxylic acids is 2. The molecule has 2 aromatic rings. The quantitative estimate of drug-likeness (QED) is 0.657. The van der Waals surface area contributed by atoms with Crippen LogP contribution in [0.1, 0.15) is 24.2 Å². The molecule has 1 amide bonds. The van der Waals surface area contributed by atoms with Crippen LogP contribution in [0.3, 0.4) is 0 Å². The Kier molecular flexibility index (Phi) is 7.09. The molecule has 1 N–H and O–H groups in total. The van der Waals surface area contributed by atoms with E-state index in [9.17, 15) is 18.0 Å². The van der Waals surface area contributed by atoms with Crippen LogP contribution in [-0.2, 0) is 14.8 Å². The number of nitrogens with one attached hydrogen (secondary N) is 1. The van der Waals surface area contributed by atoms with Gasteiger partial charge in [0.05, 0.1) is 18.0 Å². The minimum absolute atomic E-state index is 0.112. The molecule has 2 aromatic carbocycles. The van der Waals surface area contributed by atoms with Gasteiger partial charge < -0.3 is 10.1 Å². The Bertz CT molecular complexity index is 1050. The number of benzene rings is 2. The van der Waals surface area contributed by atoms with Crippen LogP contribution in [0.2, 0.25) is 0 Å². The number of hydrogen-bond acceptors (Lipinski definition) is 6. The van der Waals surface area contributed by atoms with Crippen molar-refractivity contribution in [3.05, 3.63) is 54.1 Å². The van der Waals surface area contributed by atoms with Gasteiger partial charge in [-0.25, -0.2) is 8.42 Å². The van der Waals surface area contributed by atoms with Crippen LogP contribution in [0.4, 0.5) is 5.69 Å². The van der Waals surface area contributed by atoms with E-state index in [2.05, 4.69) is 5.32 Å². The summed E-state index contributed by atoms with van der Waals surface area (Å²) in [5, 5.41) is 2.88. The number of sulfonamides is 1. The van der Waals surface area contributed by atoms with Gasteiger partial charge in [0.25, 0.3) is 0 Å². The molecule has 1 heterocycles. The normalized spacial score (nSPS) is 16.5. The van der Waals surface area contributed by atoms with Gasteiger partial charge >= 0.3 is 0 Å². The second-order valence-electron chi connectivity index (χ2n) is 7.42. The minimum atomic E-state index is -3.65. The van der Waals surface area contributed by atoms with E-state index in [-0.39, 0.29) is 29.7 Å². The molecule has 0 saturated carbocycles. The van der Waals surface area contributed by atoms with E-state index in [0.29, 0.717) is 30.1 Å². The molecule has 1 saturated heterocycles. The highest BCUT2D eigenvalue weighted by atomic mass is 32.2. The number of methoxy groups -OCH3 is 1. The number of anilines is 1. The largest absolute Gasteiger partial charge is 0.497 e. The van der Waals surface area contributed by atoms with E-state index < -0.39 is 16.1 Å². The maximum Gasteiger partial charge on any atom is 0.243 e. The summed E-state index contributed by atoms with van der Waals surface area (Å²) in [5.74, 6) is 0.378. The third kappa shape index (κ3) is 5.30. The molecule has 1 atom stereocenters. The maximum absolute atomic E-state index is 12.9. The number of nitrogens with zero attached hydrogens (tertiary/aromatic N) is 2. The molecule has 31 heavy (non-hydrogen) atoms. The molecule has 3 rings (SSSR count). The lowest BCUT2D eigenvalue weighted by atomic mass is 10.2. The summed E-state index contributed by atoms with van der Waals surface area (Å²) in [6.07, 6.45) is 0. The number of Topliss-reactive ketones (excluding diaryl/α,β-unsaturated/α-hetero) is 1. The first-order valence-electron chi connectivity index (χ1n) is 10.0. The fourth-order valence-electron chi connectivity index (χ4n) is 3.46. The average molecular weight is 446 g/mol. The summed E-state index contributed by atoms with van der Waals surface area (Å²) in [7, 11) is -2.08. The Morgan fingerprint density at radius 2 is 1.68 bits per heavy atom. The van der Waals surface area contributed by atoms with Crippen molar-refractivity contribution >= 4 is 27.4 Å². The molecule has 0 bridgehead atoms. The molecule has 166 valence electrons. The zero-order valence-corrected chi connectivity index (χ0v) is 18.7. The van der Waals surface area contributed by atoms with E-state index in [4.69, 9.17) is 4.74 Å². The highest BCUT2D eigenvalue weighted by molar-refractivity contribution is 7.89. The van der Waals surface area contributed by atoms with Crippen LogP contribution in [-0.4, -0.2) is 68.6 Å². The molecule has 0 radical (unpaired) electrons. The van der Waals surface area contributed by atoms with Crippen molar-refractivity contribution in [1.82, 2.24) is 9.21 Å². The Labute approximate surface area is 182 Å². The number of piperazine rings is 1. The Hall–Kier alpha value is -2.75. The van der Waals surface area contributed by atoms with Crippen LogP contribution in [0.15, 0.2) is 53.4 Å². The Morgan fingerprint density at radius 3 is 2.26 bits per heavy atom. The van der Waals surface area contributed by atoms with Crippen LogP contribution in [0.5, 0.6) is 5.75 Å². The third-order valence-corrected chi connectivity index (χ3v) is 7.35. The molecule has 1 aliphatic heterocycles. The topological polar surface area (TPSA) is 96.0 Å². The summed E-state index contributed by atoms with van der Waals surface area (Å²) < 4.78 is 32.4. The Balaban J connectivity index is 1.60. The monoisotopic (exact) mass is 445 g/mol. The number of rotatable bonds is 7. The van der Waals surface area contributed by atoms with Crippen molar-refractivity contribution < 1.29 is 22.7 Å². The van der Waals surface area contributed by atoms with E-state index in [1.54, 1.807) is 38.3 Å². The highest BCUT2D eigenvalue weighted by Gasteiger charge is 2.31. The molecule has 0 unspecified atom stereocenters. The molecule has 8 nitrogen and oxygen atoms in total. The lowest BCUT2D eigenvalue weighted by molar-refractivity contribution is -0.121. The molecule has 9 heteroatoms. The number of hydrogen-bond donors (Lipinski definition) is 1. The van der Waals surface area contributed by atoms with Gasteiger partial charge in [0.2, 0.25) is 15.9 Å². The predicted molar refractivity (Wildman–Crippen MR) is 118 cm³/mol. The zero-order chi connectivity index (χ0) is 22.6. The van der Waals surface area contributed by atoms with E-state index in [0.717, 1.165) is 0 Å². The van der Waals surface area contributed by atoms with Crippen molar-refractivity contribution in [2.75, 3.05) is 38.6 Å². The van der Waals surface area contributed by atoms with E-state index in [1.807, 2.05) is 4.90 Å². The fourth-order valence-corrected chi connectivity index (χ4v) is 4.88. The first-order chi connectivity index (χ1) is 14.7. The number of ether oxygens (including phenoxy) is 1. The number of carbonyl (C=O) groups is 2. The van der Waals surface area contributed by atoms with Gasteiger partial charge in [0.15, 0.2) is 5.78 Å². The molecule has 0 aliphatic carbocycles. The Morgan fingerprint density at radius 1 is 1.03 bits per heavy atom. The van der Waals surface area contributed by atoms with E-state index in [1.165, 1.54) is 35.5 Å². The molecular weight excluding hydrogens is 418 g/mol. The summed E-state index contributed by atoms with van der Waals surface area (Å²) >= 11 is 0. The average Bonchev–Trinajstić information content (AvgIpc) is 2.78. The predicted octanol–water partition coefficient (Wildman–Crippen LogP) is 2.23. The van der Waals surface area contributed by atoms with Crippen LogP contribution in [0, 0.1) is 0 Å². The second kappa shape index (κ2) is 9.59. The lowest BCUT2D eigenvalue weighted by Crippen LogP contribution is -2.53. The standard InChI is InChI=1S/C22H27N3O5S/c1-16(22(27)23-19-5-4-6-20(15-19)30-3)24-11-13-25(14-12-24)31(28,29)21-9-7-18(8-10-21)17(2)26/h4-10,15-16H,11-14H2,1-3H3,(H,23,27)/t16-/m0/s1. The SMILES string of the molecule is COc1cccc(NC(=O)[C@H](C)N2CCN(S(=O)(=O)c3ccc(C(C)=O)cc3)CC2)c1. The van der Waals surface area contributed by atoms with Gasteiger partial charge in [-0.05, 0) is 38.1 Å². The smallest absolute Gasteiger partial charge is 0.243 e. The van der Waals surface area contributed by atoms with Crippen molar-refractivity contribution in [3.63, 3.8) is 0 Å². The summed E-state index contributed by atoms with van der Waals surface area (Å²) in [6.45, 7) is 4.70.